The molecule has 0 aliphatic carbocycles. The molecule has 1 atom stereocenters. The molecule has 14 heavy (non-hydrogen) atoms. The summed E-state index contributed by atoms with van der Waals surface area (Å²) in [5, 5.41) is 9.91. The summed E-state index contributed by atoms with van der Waals surface area (Å²) in [6, 6.07) is 5.58. The molecule has 0 radical (unpaired) electrons. The van der Waals surface area contributed by atoms with Crippen molar-refractivity contribution in [2.45, 2.75) is 12.3 Å². The second-order valence-corrected chi connectivity index (χ2v) is 4.87. The molecule has 78 valence electrons. The third kappa shape index (κ3) is 2.28. The fraction of sp³-hybridized carbons (Fsp3) is 0.400. The number of hydrogen-bond acceptors (Lipinski definition) is 2. The van der Waals surface area contributed by atoms with E-state index < -0.39 is 5.41 Å². The summed E-state index contributed by atoms with van der Waals surface area (Å²) in [7, 11) is 0. The van der Waals surface area contributed by atoms with Gasteiger partial charge >= 0.3 is 0 Å². The lowest BCUT2D eigenvalue weighted by Crippen LogP contribution is -2.35. The van der Waals surface area contributed by atoms with Crippen molar-refractivity contribution in [2.24, 2.45) is 5.73 Å². The summed E-state index contributed by atoms with van der Waals surface area (Å²) in [4.78, 5) is 0. The van der Waals surface area contributed by atoms with Gasteiger partial charge < -0.3 is 10.8 Å². The van der Waals surface area contributed by atoms with Gasteiger partial charge in [-0.3, -0.25) is 0 Å². The average molecular weight is 279 g/mol. The number of halogens is 2. The zero-order valence-electron chi connectivity index (χ0n) is 7.93. The van der Waals surface area contributed by atoms with Crippen LogP contribution in [0.2, 0.25) is 5.02 Å². The van der Waals surface area contributed by atoms with Gasteiger partial charge in [-0.15, -0.1) is 0 Å². The Labute approximate surface area is 97.2 Å². The third-order valence-electron chi connectivity index (χ3n) is 2.38. The van der Waals surface area contributed by atoms with Crippen LogP contribution in [0.25, 0.3) is 0 Å². The third-order valence-corrected chi connectivity index (χ3v) is 3.19. The first-order chi connectivity index (χ1) is 6.53. The Hall–Kier alpha value is -0.0900. The molecule has 2 nitrogen and oxygen atoms in total. The van der Waals surface area contributed by atoms with Crippen LogP contribution >= 0.6 is 27.5 Å². The van der Waals surface area contributed by atoms with Crippen molar-refractivity contribution in [3.05, 3.63) is 33.3 Å². The number of benzene rings is 1. The van der Waals surface area contributed by atoms with Crippen LogP contribution in [0.4, 0.5) is 0 Å². The van der Waals surface area contributed by atoms with E-state index in [0.717, 1.165) is 10.0 Å². The lowest BCUT2D eigenvalue weighted by atomic mass is 9.83. The van der Waals surface area contributed by atoms with E-state index in [1.165, 1.54) is 0 Å². The molecule has 1 rings (SSSR count). The second kappa shape index (κ2) is 4.62. The van der Waals surface area contributed by atoms with Crippen LogP contribution in [0.15, 0.2) is 22.7 Å². The standard InChI is InChI=1S/C10H13BrClNO/c1-10(5-13,6-14)8-3-2-7(11)4-9(8)12/h2-4,14H,5-6,13H2,1H3. The van der Waals surface area contributed by atoms with Crippen LogP contribution in [-0.4, -0.2) is 18.3 Å². The van der Waals surface area contributed by atoms with Gasteiger partial charge in [-0.2, -0.15) is 0 Å². The molecule has 1 aromatic rings. The van der Waals surface area contributed by atoms with E-state index in [-0.39, 0.29) is 6.61 Å². The van der Waals surface area contributed by atoms with E-state index in [2.05, 4.69) is 15.9 Å². The largest absolute Gasteiger partial charge is 0.395 e. The number of aliphatic hydroxyl groups excluding tert-OH is 1. The van der Waals surface area contributed by atoms with Crippen molar-refractivity contribution in [2.75, 3.05) is 13.2 Å². The van der Waals surface area contributed by atoms with E-state index in [1.54, 1.807) is 6.07 Å². The Morgan fingerprint density at radius 2 is 2.21 bits per heavy atom. The van der Waals surface area contributed by atoms with Gasteiger partial charge in [0.05, 0.1) is 6.61 Å². The minimum Gasteiger partial charge on any atom is -0.395 e. The van der Waals surface area contributed by atoms with Crippen LogP contribution in [0.5, 0.6) is 0 Å². The van der Waals surface area contributed by atoms with Gasteiger partial charge in [0, 0.05) is 21.5 Å². The van der Waals surface area contributed by atoms with Gasteiger partial charge in [-0.1, -0.05) is 40.5 Å². The summed E-state index contributed by atoms with van der Waals surface area (Å²) >= 11 is 9.40. The van der Waals surface area contributed by atoms with E-state index in [0.29, 0.717) is 11.6 Å². The lowest BCUT2D eigenvalue weighted by molar-refractivity contribution is 0.210. The molecule has 0 heterocycles. The molecule has 0 saturated heterocycles. The smallest absolute Gasteiger partial charge is 0.0537 e. The summed E-state index contributed by atoms with van der Waals surface area (Å²) in [6.45, 7) is 2.25. The Morgan fingerprint density at radius 1 is 1.57 bits per heavy atom. The van der Waals surface area contributed by atoms with Crippen molar-refractivity contribution < 1.29 is 5.11 Å². The topological polar surface area (TPSA) is 46.2 Å². The Bertz CT molecular complexity index is 326. The molecule has 0 fully saturated rings. The normalized spacial score (nSPS) is 15.2. The van der Waals surface area contributed by atoms with Crippen molar-refractivity contribution in [1.29, 1.82) is 0 Å². The highest BCUT2D eigenvalue weighted by Crippen LogP contribution is 2.31. The monoisotopic (exact) mass is 277 g/mol. The molecular weight excluding hydrogens is 265 g/mol. The highest BCUT2D eigenvalue weighted by Gasteiger charge is 2.26. The summed E-state index contributed by atoms with van der Waals surface area (Å²) in [6.07, 6.45) is 0. The van der Waals surface area contributed by atoms with Crippen LogP contribution in [0.3, 0.4) is 0 Å². The minimum absolute atomic E-state index is 0.00908. The zero-order chi connectivity index (χ0) is 10.8. The summed E-state index contributed by atoms with van der Waals surface area (Å²) in [5.41, 5.74) is 6.05. The van der Waals surface area contributed by atoms with Gasteiger partial charge in [0.15, 0.2) is 0 Å². The van der Waals surface area contributed by atoms with Crippen molar-refractivity contribution in [3.8, 4) is 0 Å². The molecule has 3 N–H and O–H groups in total. The fourth-order valence-electron chi connectivity index (χ4n) is 1.24. The van der Waals surface area contributed by atoms with Gasteiger partial charge in [-0.05, 0) is 17.7 Å². The van der Waals surface area contributed by atoms with Gasteiger partial charge in [-0.25, -0.2) is 0 Å². The van der Waals surface area contributed by atoms with Gasteiger partial charge in [0.25, 0.3) is 0 Å². The number of hydrogen-bond donors (Lipinski definition) is 2. The van der Waals surface area contributed by atoms with Crippen molar-refractivity contribution in [3.63, 3.8) is 0 Å². The summed E-state index contributed by atoms with van der Waals surface area (Å²) < 4.78 is 0.920. The predicted molar refractivity (Wildman–Crippen MR) is 62.6 cm³/mol. The Morgan fingerprint density at radius 3 is 2.64 bits per heavy atom. The maximum atomic E-state index is 9.28. The van der Waals surface area contributed by atoms with Gasteiger partial charge in [0.1, 0.15) is 0 Å². The molecule has 4 heteroatoms. The van der Waals surface area contributed by atoms with E-state index in [9.17, 15) is 5.11 Å². The Kier molecular flexibility index (Phi) is 3.95. The first-order valence-electron chi connectivity index (χ1n) is 4.30. The predicted octanol–water partition coefficient (Wildman–Crippen LogP) is 2.31. The summed E-state index contributed by atoms with van der Waals surface area (Å²) in [5.74, 6) is 0. The Balaban J connectivity index is 3.17. The quantitative estimate of drug-likeness (QED) is 0.891. The first kappa shape index (κ1) is 12.0. The zero-order valence-corrected chi connectivity index (χ0v) is 10.3. The molecule has 0 aliphatic heterocycles. The molecule has 0 saturated carbocycles. The molecule has 0 bridgehead atoms. The van der Waals surface area contributed by atoms with E-state index in [4.69, 9.17) is 17.3 Å². The fourth-order valence-corrected chi connectivity index (χ4v) is 2.14. The van der Waals surface area contributed by atoms with Crippen LogP contribution in [0.1, 0.15) is 12.5 Å². The maximum absolute atomic E-state index is 9.28. The number of rotatable bonds is 3. The van der Waals surface area contributed by atoms with Crippen molar-refractivity contribution >= 4 is 27.5 Å². The highest BCUT2D eigenvalue weighted by molar-refractivity contribution is 9.10. The molecule has 0 amide bonds. The highest BCUT2D eigenvalue weighted by atomic mass is 79.9. The lowest BCUT2D eigenvalue weighted by Gasteiger charge is -2.27. The van der Waals surface area contributed by atoms with E-state index >= 15 is 0 Å². The van der Waals surface area contributed by atoms with Crippen LogP contribution < -0.4 is 5.73 Å². The van der Waals surface area contributed by atoms with Crippen LogP contribution in [-0.2, 0) is 5.41 Å². The molecule has 0 aliphatic rings. The van der Waals surface area contributed by atoms with Crippen molar-refractivity contribution in [1.82, 2.24) is 0 Å². The molecule has 1 unspecified atom stereocenters. The average Bonchev–Trinajstić information content (AvgIpc) is 2.17. The molecule has 1 aromatic carbocycles. The minimum atomic E-state index is -0.461. The second-order valence-electron chi connectivity index (χ2n) is 3.55. The molecule has 0 spiro atoms. The number of nitrogens with two attached hydrogens (primary N) is 1. The molecular formula is C10H13BrClNO. The van der Waals surface area contributed by atoms with Gasteiger partial charge in [0.2, 0.25) is 0 Å². The SMILES string of the molecule is CC(CN)(CO)c1ccc(Br)cc1Cl. The first-order valence-corrected chi connectivity index (χ1v) is 5.47. The van der Waals surface area contributed by atoms with E-state index in [1.807, 2.05) is 19.1 Å². The van der Waals surface area contributed by atoms with Crippen LogP contribution in [0, 0.1) is 0 Å². The molecule has 0 aromatic heterocycles. The number of aliphatic hydroxyl groups is 1. The maximum Gasteiger partial charge on any atom is 0.0537 e.